The lowest BCUT2D eigenvalue weighted by Gasteiger charge is -2.16. The Kier molecular flexibility index (Phi) is 5.66. The Morgan fingerprint density at radius 2 is 2.00 bits per heavy atom. The largest absolute Gasteiger partial charge is 0.362 e. The monoisotopic (exact) mass is 418 g/mol. The normalized spacial score (nSPS) is 12.3. The molecule has 0 bridgehead atoms. The smallest absolute Gasteiger partial charge is 0.258 e. The third-order valence-electron chi connectivity index (χ3n) is 5.00. The van der Waals surface area contributed by atoms with Crippen LogP contribution in [0.15, 0.2) is 49.1 Å². The van der Waals surface area contributed by atoms with Gasteiger partial charge in [0.15, 0.2) is 0 Å². The van der Waals surface area contributed by atoms with E-state index in [2.05, 4.69) is 30.8 Å². The van der Waals surface area contributed by atoms with E-state index in [0.717, 1.165) is 23.3 Å². The minimum atomic E-state index is -0.188. The summed E-state index contributed by atoms with van der Waals surface area (Å²) in [6.45, 7) is 8.86. The number of amides is 1. The van der Waals surface area contributed by atoms with Gasteiger partial charge < -0.3 is 10.6 Å². The Labute approximate surface area is 180 Å². The van der Waals surface area contributed by atoms with Gasteiger partial charge in [0.2, 0.25) is 5.65 Å². The van der Waals surface area contributed by atoms with Gasteiger partial charge in [-0.25, -0.2) is 9.97 Å². The van der Waals surface area contributed by atoms with Crippen molar-refractivity contribution in [2.24, 2.45) is 0 Å². The van der Waals surface area contributed by atoms with E-state index < -0.39 is 0 Å². The van der Waals surface area contributed by atoms with Crippen LogP contribution in [0.2, 0.25) is 0 Å². The SMILES string of the molecule is CCn1cc2ncc(N[C@@H](C)c3cccc(NC(=O)c4cnn(C(C)C)c4)c3)nc2n1. The number of nitrogens with one attached hydrogen (secondary N) is 2. The van der Waals surface area contributed by atoms with Crippen molar-refractivity contribution in [2.45, 2.75) is 46.3 Å². The van der Waals surface area contributed by atoms with Crippen LogP contribution < -0.4 is 10.6 Å². The Bertz CT molecular complexity index is 1210. The second-order valence-electron chi connectivity index (χ2n) is 7.70. The molecule has 31 heavy (non-hydrogen) atoms. The van der Waals surface area contributed by atoms with Gasteiger partial charge in [-0.2, -0.15) is 10.2 Å². The van der Waals surface area contributed by atoms with E-state index >= 15 is 0 Å². The molecular weight excluding hydrogens is 392 g/mol. The van der Waals surface area contributed by atoms with Gasteiger partial charge in [-0.3, -0.25) is 14.2 Å². The number of fused-ring (bicyclic) bond motifs is 1. The minimum absolute atomic E-state index is 0.0412. The van der Waals surface area contributed by atoms with E-state index in [-0.39, 0.29) is 18.0 Å². The Morgan fingerprint density at radius 1 is 1.16 bits per heavy atom. The lowest BCUT2D eigenvalue weighted by atomic mass is 10.1. The molecule has 0 unspecified atom stereocenters. The summed E-state index contributed by atoms with van der Waals surface area (Å²) in [5, 5.41) is 14.9. The number of anilines is 2. The Balaban J connectivity index is 1.46. The first kappa shape index (κ1) is 20.5. The molecule has 4 aromatic rings. The van der Waals surface area contributed by atoms with Crippen LogP contribution in [0.4, 0.5) is 11.5 Å². The molecule has 0 aliphatic carbocycles. The molecule has 0 saturated heterocycles. The third kappa shape index (κ3) is 4.55. The van der Waals surface area contributed by atoms with E-state index in [0.29, 0.717) is 17.0 Å². The van der Waals surface area contributed by atoms with Crippen LogP contribution in [-0.4, -0.2) is 35.4 Å². The van der Waals surface area contributed by atoms with Gasteiger partial charge in [-0.1, -0.05) is 12.1 Å². The molecule has 1 atom stereocenters. The van der Waals surface area contributed by atoms with Crippen molar-refractivity contribution in [1.29, 1.82) is 0 Å². The number of aryl methyl sites for hydroxylation is 1. The van der Waals surface area contributed by atoms with Gasteiger partial charge in [0.1, 0.15) is 11.3 Å². The number of benzene rings is 1. The highest BCUT2D eigenvalue weighted by molar-refractivity contribution is 6.03. The molecule has 1 aromatic carbocycles. The van der Waals surface area contributed by atoms with E-state index in [1.165, 1.54) is 0 Å². The Hall–Kier alpha value is -3.75. The van der Waals surface area contributed by atoms with E-state index in [1.807, 2.05) is 62.8 Å². The van der Waals surface area contributed by atoms with Crippen molar-refractivity contribution in [3.05, 3.63) is 60.2 Å². The number of carbonyl (C=O) groups is 1. The molecule has 0 radical (unpaired) electrons. The van der Waals surface area contributed by atoms with Gasteiger partial charge >= 0.3 is 0 Å². The average molecular weight is 419 g/mol. The average Bonchev–Trinajstić information content (AvgIpc) is 3.41. The summed E-state index contributed by atoms with van der Waals surface area (Å²) in [5.74, 6) is 0.462. The maximum atomic E-state index is 12.6. The first-order chi connectivity index (χ1) is 14.9. The first-order valence-corrected chi connectivity index (χ1v) is 10.3. The molecule has 9 heteroatoms. The van der Waals surface area contributed by atoms with Gasteiger partial charge in [0.25, 0.3) is 5.91 Å². The van der Waals surface area contributed by atoms with Crippen molar-refractivity contribution in [3.8, 4) is 0 Å². The zero-order valence-electron chi connectivity index (χ0n) is 18.1. The minimum Gasteiger partial charge on any atom is -0.362 e. The second kappa shape index (κ2) is 8.55. The summed E-state index contributed by atoms with van der Waals surface area (Å²) in [5.41, 5.74) is 3.64. The maximum Gasteiger partial charge on any atom is 0.258 e. The first-order valence-electron chi connectivity index (χ1n) is 10.3. The van der Waals surface area contributed by atoms with Gasteiger partial charge in [-0.05, 0) is 45.4 Å². The molecule has 4 rings (SSSR count). The van der Waals surface area contributed by atoms with Crippen LogP contribution in [0, 0.1) is 0 Å². The van der Waals surface area contributed by atoms with Gasteiger partial charge in [0.05, 0.1) is 30.2 Å². The summed E-state index contributed by atoms with van der Waals surface area (Å²) < 4.78 is 3.58. The highest BCUT2D eigenvalue weighted by atomic mass is 16.1. The highest BCUT2D eigenvalue weighted by Crippen LogP contribution is 2.22. The van der Waals surface area contributed by atoms with Crippen molar-refractivity contribution in [1.82, 2.24) is 29.5 Å². The lowest BCUT2D eigenvalue weighted by molar-refractivity contribution is 0.102. The van der Waals surface area contributed by atoms with Crippen LogP contribution in [-0.2, 0) is 6.54 Å². The summed E-state index contributed by atoms with van der Waals surface area (Å²) >= 11 is 0. The summed E-state index contributed by atoms with van der Waals surface area (Å²) in [6, 6.07) is 7.89. The molecule has 0 fully saturated rings. The third-order valence-corrected chi connectivity index (χ3v) is 5.00. The molecule has 160 valence electrons. The molecule has 3 aromatic heterocycles. The molecule has 0 aliphatic heterocycles. The summed E-state index contributed by atoms with van der Waals surface area (Å²) in [4.78, 5) is 21.5. The van der Waals surface area contributed by atoms with E-state index in [1.54, 1.807) is 23.3 Å². The van der Waals surface area contributed by atoms with Crippen LogP contribution in [0.1, 0.15) is 55.7 Å². The van der Waals surface area contributed by atoms with Crippen LogP contribution in [0.25, 0.3) is 11.2 Å². The fourth-order valence-electron chi connectivity index (χ4n) is 3.21. The number of aromatic nitrogens is 6. The maximum absolute atomic E-state index is 12.6. The standard InChI is InChI=1S/C22H26N8O/c1-5-29-13-19-21(28-29)27-20(11-23-19)25-15(4)16-7-6-8-18(9-16)26-22(31)17-10-24-30(12-17)14(2)3/h6-15H,5H2,1-4H3,(H,26,31)(H,25,27,28)/t15-/m0/s1. The van der Waals surface area contributed by atoms with Crippen molar-refractivity contribution < 1.29 is 4.79 Å². The number of hydrogen-bond acceptors (Lipinski definition) is 6. The molecule has 0 saturated carbocycles. The fraction of sp³-hybridized carbons (Fsp3) is 0.318. The highest BCUT2D eigenvalue weighted by Gasteiger charge is 2.13. The zero-order valence-corrected chi connectivity index (χ0v) is 18.1. The zero-order chi connectivity index (χ0) is 22.0. The molecule has 2 N–H and O–H groups in total. The number of hydrogen-bond donors (Lipinski definition) is 2. The van der Waals surface area contributed by atoms with Crippen molar-refractivity contribution in [3.63, 3.8) is 0 Å². The van der Waals surface area contributed by atoms with E-state index in [4.69, 9.17) is 0 Å². The lowest BCUT2D eigenvalue weighted by Crippen LogP contribution is -2.13. The molecule has 1 amide bonds. The fourth-order valence-corrected chi connectivity index (χ4v) is 3.21. The molecular formula is C22H26N8O. The predicted molar refractivity (Wildman–Crippen MR) is 120 cm³/mol. The second-order valence-corrected chi connectivity index (χ2v) is 7.70. The molecule has 0 aliphatic rings. The summed E-state index contributed by atoms with van der Waals surface area (Å²) in [7, 11) is 0. The van der Waals surface area contributed by atoms with Crippen LogP contribution in [0.5, 0.6) is 0 Å². The molecule has 9 nitrogen and oxygen atoms in total. The van der Waals surface area contributed by atoms with Crippen LogP contribution in [0.3, 0.4) is 0 Å². The van der Waals surface area contributed by atoms with Crippen molar-refractivity contribution >= 4 is 28.6 Å². The van der Waals surface area contributed by atoms with Gasteiger partial charge in [-0.15, -0.1) is 0 Å². The number of nitrogens with zero attached hydrogens (tertiary/aromatic N) is 6. The molecule has 3 heterocycles. The number of rotatable bonds is 7. The van der Waals surface area contributed by atoms with E-state index in [9.17, 15) is 4.79 Å². The predicted octanol–water partition coefficient (Wildman–Crippen LogP) is 4.05. The number of carbonyl (C=O) groups excluding carboxylic acids is 1. The van der Waals surface area contributed by atoms with Crippen molar-refractivity contribution in [2.75, 3.05) is 10.6 Å². The topological polar surface area (TPSA) is 103 Å². The Morgan fingerprint density at radius 3 is 2.74 bits per heavy atom. The van der Waals surface area contributed by atoms with Gasteiger partial charge in [0, 0.05) is 24.5 Å². The summed E-state index contributed by atoms with van der Waals surface area (Å²) in [6.07, 6.45) is 6.92. The molecule has 0 spiro atoms. The quantitative estimate of drug-likeness (QED) is 0.469. The van der Waals surface area contributed by atoms with Crippen LogP contribution >= 0.6 is 0 Å².